The maximum atomic E-state index is 11.7. The predicted molar refractivity (Wildman–Crippen MR) is 82.2 cm³/mol. The number of benzene rings is 1. The zero-order valence-electron chi connectivity index (χ0n) is 11.7. The molecule has 0 spiro atoms. The summed E-state index contributed by atoms with van der Waals surface area (Å²) in [6.45, 7) is 4.58. The third-order valence-corrected chi connectivity index (χ3v) is 3.97. The van der Waals surface area contributed by atoms with Crippen molar-refractivity contribution < 1.29 is 0 Å². The van der Waals surface area contributed by atoms with Gasteiger partial charge >= 0.3 is 0 Å². The van der Waals surface area contributed by atoms with Gasteiger partial charge in [-0.3, -0.25) is 4.79 Å². The lowest BCUT2D eigenvalue weighted by Crippen LogP contribution is -2.29. The van der Waals surface area contributed by atoms with Crippen molar-refractivity contribution in [3.63, 3.8) is 0 Å². The minimum absolute atomic E-state index is 0.0512. The maximum absolute atomic E-state index is 11.7. The summed E-state index contributed by atoms with van der Waals surface area (Å²) in [4.78, 5) is 14.0. The van der Waals surface area contributed by atoms with Crippen molar-refractivity contribution >= 4 is 11.4 Å². The number of nitrogens with two attached hydrogens (primary N) is 1. The molecule has 4 heteroatoms. The predicted octanol–water partition coefficient (Wildman–Crippen LogP) is 1.80. The molecule has 1 aromatic carbocycles. The molecule has 2 N–H and O–H groups in total. The molecule has 4 nitrogen and oxygen atoms in total. The Bertz CT molecular complexity index is 690. The van der Waals surface area contributed by atoms with E-state index in [1.54, 1.807) is 16.7 Å². The van der Waals surface area contributed by atoms with E-state index in [1.165, 1.54) is 11.3 Å². The van der Waals surface area contributed by atoms with E-state index in [1.807, 2.05) is 19.2 Å². The number of hydrogen-bond donors (Lipinski definition) is 1. The van der Waals surface area contributed by atoms with Gasteiger partial charge in [0.25, 0.3) is 5.56 Å². The quantitative estimate of drug-likeness (QED) is 0.864. The molecule has 0 amide bonds. The van der Waals surface area contributed by atoms with E-state index in [2.05, 4.69) is 17.0 Å². The van der Waals surface area contributed by atoms with E-state index < -0.39 is 0 Å². The van der Waals surface area contributed by atoms with Crippen molar-refractivity contribution in [3.8, 4) is 0 Å². The molecule has 0 saturated heterocycles. The average molecular weight is 269 g/mol. The second-order valence-electron chi connectivity index (χ2n) is 5.31. The third kappa shape index (κ3) is 2.29. The SMILES string of the molecule is Cc1cc2c(cc1N)N(CCn1ccccc1=O)CC2. The summed E-state index contributed by atoms with van der Waals surface area (Å²) in [5, 5.41) is 0. The maximum Gasteiger partial charge on any atom is 0.250 e. The third-order valence-electron chi connectivity index (χ3n) is 3.97. The second-order valence-corrected chi connectivity index (χ2v) is 5.31. The zero-order valence-corrected chi connectivity index (χ0v) is 11.7. The van der Waals surface area contributed by atoms with Gasteiger partial charge in [-0.05, 0) is 36.6 Å². The standard InChI is InChI=1S/C16H19N3O/c1-12-10-13-5-7-18(15(13)11-14(12)17)8-9-19-6-3-2-4-16(19)20/h2-4,6,10-11H,5,7-9,17H2,1H3. The van der Waals surface area contributed by atoms with Gasteiger partial charge in [0.2, 0.25) is 0 Å². The highest BCUT2D eigenvalue weighted by molar-refractivity contribution is 5.67. The molecule has 104 valence electrons. The van der Waals surface area contributed by atoms with Crippen molar-refractivity contribution in [3.05, 3.63) is 58.0 Å². The highest BCUT2D eigenvalue weighted by atomic mass is 16.1. The highest BCUT2D eigenvalue weighted by Gasteiger charge is 2.19. The molecule has 0 atom stereocenters. The van der Waals surface area contributed by atoms with Crippen LogP contribution >= 0.6 is 0 Å². The summed E-state index contributed by atoms with van der Waals surface area (Å²) in [6.07, 6.45) is 2.89. The van der Waals surface area contributed by atoms with Gasteiger partial charge in [-0.1, -0.05) is 12.1 Å². The van der Waals surface area contributed by atoms with Crippen LogP contribution in [0.1, 0.15) is 11.1 Å². The molecule has 0 unspecified atom stereocenters. The lowest BCUT2D eigenvalue weighted by molar-refractivity contribution is 0.647. The Labute approximate surface area is 118 Å². The van der Waals surface area contributed by atoms with Crippen LogP contribution < -0.4 is 16.2 Å². The molecule has 20 heavy (non-hydrogen) atoms. The number of hydrogen-bond acceptors (Lipinski definition) is 3. The fourth-order valence-corrected chi connectivity index (χ4v) is 2.75. The molecule has 1 aliphatic heterocycles. The van der Waals surface area contributed by atoms with E-state index >= 15 is 0 Å². The Balaban J connectivity index is 1.77. The van der Waals surface area contributed by atoms with Crippen LogP contribution in [0.4, 0.5) is 11.4 Å². The number of nitrogen functional groups attached to an aromatic ring is 1. The van der Waals surface area contributed by atoms with Crippen molar-refractivity contribution in [2.45, 2.75) is 19.9 Å². The normalized spacial score (nSPS) is 13.6. The van der Waals surface area contributed by atoms with Gasteiger partial charge in [0.05, 0.1) is 0 Å². The first kappa shape index (κ1) is 12.8. The van der Waals surface area contributed by atoms with Crippen LogP contribution in [0.15, 0.2) is 41.3 Å². The van der Waals surface area contributed by atoms with Crippen molar-refractivity contribution in [2.24, 2.45) is 0 Å². The zero-order chi connectivity index (χ0) is 14.1. The Morgan fingerprint density at radius 2 is 2.10 bits per heavy atom. The van der Waals surface area contributed by atoms with E-state index in [0.717, 1.165) is 30.8 Å². The fraction of sp³-hybridized carbons (Fsp3) is 0.312. The minimum atomic E-state index is 0.0512. The van der Waals surface area contributed by atoms with E-state index in [0.29, 0.717) is 6.54 Å². The first-order valence-electron chi connectivity index (χ1n) is 6.94. The summed E-state index contributed by atoms with van der Waals surface area (Å²) >= 11 is 0. The molecule has 1 aromatic heterocycles. The minimum Gasteiger partial charge on any atom is -0.398 e. The molecule has 0 aliphatic carbocycles. The summed E-state index contributed by atoms with van der Waals surface area (Å²) in [6, 6.07) is 9.50. The molecule has 2 heterocycles. The number of nitrogens with zero attached hydrogens (tertiary/aromatic N) is 2. The van der Waals surface area contributed by atoms with Gasteiger partial charge in [-0.2, -0.15) is 0 Å². The first-order chi connectivity index (χ1) is 9.65. The molecule has 1 aliphatic rings. The summed E-state index contributed by atoms with van der Waals surface area (Å²) in [5.41, 5.74) is 10.6. The molecule has 0 fully saturated rings. The first-order valence-corrected chi connectivity index (χ1v) is 6.94. The summed E-state index contributed by atoms with van der Waals surface area (Å²) < 4.78 is 1.75. The van der Waals surface area contributed by atoms with Gasteiger partial charge in [-0.15, -0.1) is 0 Å². The number of aryl methyl sites for hydroxylation is 1. The number of pyridine rings is 1. The Morgan fingerprint density at radius 3 is 2.90 bits per heavy atom. The van der Waals surface area contributed by atoms with Crippen molar-refractivity contribution in [1.82, 2.24) is 4.57 Å². The van der Waals surface area contributed by atoms with Gasteiger partial charge in [-0.25, -0.2) is 0 Å². The molecular formula is C16H19N3O. The smallest absolute Gasteiger partial charge is 0.250 e. The number of fused-ring (bicyclic) bond motifs is 1. The van der Waals surface area contributed by atoms with Gasteiger partial charge in [0.15, 0.2) is 0 Å². The van der Waals surface area contributed by atoms with Gasteiger partial charge < -0.3 is 15.2 Å². The number of rotatable bonds is 3. The Kier molecular flexibility index (Phi) is 3.22. The lowest BCUT2D eigenvalue weighted by atomic mass is 10.1. The van der Waals surface area contributed by atoms with Gasteiger partial charge in [0, 0.05) is 43.3 Å². The number of aromatic nitrogens is 1. The Hall–Kier alpha value is -2.23. The molecular weight excluding hydrogens is 250 g/mol. The number of anilines is 2. The van der Waals surface area contributed by atoms with Crippen molar-refractivity contribution in [2.75, 3.05) is 23.7 Å². The van der Waals surface area contributed by atoms with E-state index in [4.69, 9.17) is 5.73 Å². The molecule has 0 radical (unpaired) electrons. The largest absolute Gasteiger partial charge is 0.398 e. The van der Waals surface area contributed by atoms with Crippen LogP contribution in [-0.2, 0) is 13.0 Å². The van der Waals surface area contributed by atoms with Crippen LogP contribution in [0.25, 0.3) is 0 Å². The Morgan fingerprint density at radius 1 is 1.25 bits per heavy atom. The van der Waals surface area contributed by atoms with E-state index in [-0.39, 0.29) is 5.56 Å². The highest BCUT2D eigenvalue weighted by Crippen LogP contribution is 2.31. The summed E-state index contributed by atoms with van der Waals surface area (Å²) in [7, 11) is 0. The van der Waals surface area contributed by atoms with Gasteiger partial charge in [0.1, 0.15) is 0 Å². The van der Waals surface area contributed by atoms with Crippen LogP contribution in [0.5, 0.6) is 0 Å². The fourth-order valence-electron chi connectivity index (χ4n) is 2.75. The second kappa shape index (κ2) is 5.04. The van der Waals surface area contributed by atoms with Crippen molar-refractivity contribution in [1.29, 1.82) is 0 Å². The molecule has 3 rings (SSSR count). The van der Waals surface area contributed by atoms with Crippen LogP contribution in [0, 0.1) is 6.92 Å². The van der Waals surface area contributed by atoms with Crippen LogP contribution in [0.3, 0.4) is 0 Å². The van der Waals surface area contributed by atoms with Crippen LogP contribution in [0.2, 0.25) is 0 Å². The lowest BCUT2D eigenvalue weighted by Gasteiger charge is -2.20. The average Bonchev–Trinajstić information content (AvgIpc) is 2.81. The molecule has 0 bridgehead atoms. The summed E-state index contributed by atoms with van der Waals surface area (Å²) in [5.74, 6) is 0. The molecule has 0 saturated carbocycles. The molecule has 2 aromatic rings. The van der Waals surface area contributed by atoms with Crippen LogP contribution in [-0.4, -0.2) is 17.7 Å². The van der Waals surface area contributed by atoms with E-state index in [9.17, 15) is 4.79 Å². The topological polar surface area (TPSA) is 51.3 Å². The monoisotopic (exact) mass is 269 g/mol.